The average Bonchev–Trinajstić information content (AvgIpc) is 2.38. The standard InChI is InChI=1S/C14H17N3O/c1-10-7-12(15)14(16-8-10)17-9-11-5-3-4-6-13(11)18-2/h3-8H,9,15H2,1-2H3,(H,16,17). The molecule has 18 heavy (non-hydrogen) atoms. The summed E-state index contributed by atoms with van der Waals surface area (Å²) in [4.78, 5) is 4.27. The number of nitrogen functional groups attached to an aromatic ring is 1. The van der Waals surface area contributed by atoms with E-state index in [2.05, 4.69) is 10.3 Å². The first kappa shape index (κ1) is 12.2. The third kappa shape index (κ3) is 2.71. The van der Waals surface area contributed by atoms with Gasteiger partial charge in [0, 0.05) is 18.3 Å². The van der Waals surface area contributed by atoms with Crippen molar-refractivity contribution < 1.29 is 4.74 Å². The zero-order valence-corrected chi connectivity index (χ0v) is 10.6. The molecule has 4 nitrogen and oxygen atoms in total. The fraction of sp³-hybridized carbons (Fsp3) is 0.214. The van der Waals surface area contributed by atoms with Gasteiger partial charge in [-0.25, -0.2) is 4.98 Å². The zero-order valence-electron chi connectivity index (χ0n) is 10.6. The SMILES string of the molecule is COc1ccccc1CNc1ncc(C)cc1N. The summed E-state index contributed by atoms with van der Waals surface area (Å²) in [5.41, 5.74) is 8.68. The van der Waals surface area contributed by atoms with Crippen LogP contribution in [0.4, 0.5) is 11.5 Å². The molecule has 0 saturated heterocycles. The molecule has 0 bridgehead atoms. The Bertz CT molecular complexity index is 540. The van der Waals surface area contributed by atoms with Gasteiger partial charge in [-0.15, -0.1) is 0 Å². The number of hydrogen-bond acceptors (Lipinski definition) is 4. The monoisotopic (exact) mass is 243 g/mol. The topological polar surface area (TPSA) is 60.2 Å². The molecule has 0 spiro atoms. The summed E-state index contributed by atoms with van der Waals surface area (Å²) in [6.07, 6.45) is 1.79. The molecule has 0 amide bonds. The van der Waals surface area contributed by atoms with Crippen LogP contribution in [-0.4, -0.2) is 12.1 Å². The number of nitrogens with one attached hydrogen (secondary N) is 1. The minimum Gasteiger partial charge on any atom is -0.496 e. The van der Waals surface area contributed by atoms with Crippen LogP contribution in [-0.2, 0) is 6.54 Å². The van der Waals surface area contributed by atoms with E-state index < -0.39 is 0 Å². The van der Waals surface area contributed by atoms with Crippen molar-refractivity contribution in [3.63, 3.8) is 0 Å². The van der Waals surface area contributed by atoms with Crippen LogP contribution in [0, 0.1) is 6.92 Å². The molecule has 0 fully saturated rings. The quantitative estimate of drug-likeness (QED) is 0.866. The first-order valence-corrected chi connectivity index (χ1v) is 5.78. The number of anilines is 2. The van der Waals surface area contributed by atoms with Crippen molar-refractivity contribution in [1.29, 1.82) is 0 Å². The van der Waals surface area contributed by atoms with Gasteiger partial charge in [0.25, 0.3) is 0 Å². The number of methoxy groups -OCH3 is 1. The summed E-state index contributed by atoms with van der Waals surface area (Å²) in [7, 11) is 1.66. The number of para-hydroxylation sites is 1. The smallest absolute Gasteiger partial charge is 0.149 e. The molecule has 0 aliphatic rings. The predicted molar refractivity (Wildman–Crippen MR) is 73.7 cm³/mol. The fourth-order valence-corrected chi connectivity index (χ4v) is 1.77. The lowest BCUT2D eigenvalue weighted by molar-refractivity contribution is 0.410. The number of pyridine rings is 1. The minimum absolute atomic E-state index is 0.629. The van der Waals surface area contributed by atoms with Gasteiger partial charge in [0.05, 0.1) is 12.8 Å². The van der Waals surface area contributed by atoms with Crippen molar-refractivity contribution in [3.05, 3.63) is 47.7 Å². The van der Waals surface area contributed by atoms with E-state index >= 15 is 0 Å². The molecule has 2 aromatic rings. The maximum absolute atomic E-state index is 5.90. The highest BCUT2D eigenvalue weighted by atomic mass is 16.5. The second kappa shape index (κ2) is 5.40. The molecule has 0 atom stereocenters. The highest BCUT2D eigenvalue weighted by Crippen LogP contribution is 2.21. The van der Waals surface area contributed by atoms with Crippen LogP contribution in [0.1, 0.15) is 11.1 Å². The number of hydrogen-bond donors (Lipinski definition) is 2. The van der Waals surface area contributed by atoms with Gasteiger partial charge in [-0.1, -0.05) is 18.2 Å². The molecular weight excluding hydrogens is 226 g/mol. The number of ether oxygens (including phenoxy) is 1. The van der Waals surface area contributed by atoms with Crippen LogP contribution in [0.15, 0.2) is 36.5 Å². The molecular formula is C14H17N3O. The molecule has 3 N–H and O–H groups in total. The average molecular weight is 243 g/mol. The molecule has 0 aliphatic heterocycles. The van der Waals surface area contributed by atoms with Crippen LogP contribution >= 0.6 is 0 Å². The van der Waals surface area contributed by atoms with Crippen molar-refractivity contribution in [3.8, 4) is 5.75 Å². The summed E-state index contributed by atoms with van der Waals surface area (Å²) >= 11 is 0. The fourth-order valence-electron chi connectivity index (χ4n) is 1.77. The molecule has 0 saturated carbocycles. The molecule has 94 valence electrons. The predicted octanol–water partition coefficient (Wildman–Crippen LogP) is 2.59. The van der Waals surface area contributed by atoms with Crippen molar-refractivity contribution in [1.82, 2.24) is 4.98 Å². The van der Waals surface area contributed by atoms with E-state index in [9.17, 15) is 0 Å². The van der Waals surface area contributed by atoms with E-state index in [1.54, 1.807) is 13.3 Å². The Balaban J connectivity index is 2.11. The third-order valence-corrected chi connectivity index (χ3v) is 2.69. The maximum Gasteiger partial charge on any atom is 0.149 e. The lowest BCUT2D eigenvalue weighted by Gasteiger charge is -2.11. The Morgan fingerprint density at radius 3 is 2.83 bits per heavy atom. The highest BCUT2D eigenvalue weighted by molar-refractivity contribution is 5.61. The molecule has 0 aliphatic carbocycles. The van der Waals surface area contributed by atoms with Crippen LogP contribution in [0.25, 0.3) is 0 Å². The summed E-state index contributed by atoms with van der Waals surface area (Å²) < 4.78 is 5.29. The van der Waals surface area contributed by atoms with Crippen LogP contribution < -0.4 is 15.8 Å². The van der Waals surface area contributed by atoms with Gasteiger partial charge in [0.15, 0.2) is 0 Å². The zero-order chi connectivity index (χ0) is 13.0. The summed E-state index contributed by atoms with van der Waals surface area (Å²) in [6, 6.07) is 9.77. The van der Waals surface area contributed by atoms with E-state index in [1.165, 1.54) is 0 Å². The van der Waals surface area contributed by atoms with Gasteiger partial charge in [0.1, 0.15) is 11.6 Å². The normalized spacial score (nSPS) is 10.1. The number of rotatable bonds is 4. The van der Waals surface area contributed by atoms with Gasteiger partial charge >= 0.3 is 0 Å². The Hall–Kier alpha value is -2.23. The third-order valence-electron chi connectivity index (χ3n) is 2.69. The Morgan fingerprint density at radius 1 is 1.33 bits per heavy atom. The van der Waals surface area contributed by atoms with Gasteiger partial charge in [-0.3, -0.25) is 0 Å². The number of aryl methyl sites for hydroxylation is 1. The number of benzene rings is 1. The van der Waals surface area contributed by atoms with E-state index in [0.717, 1.165) is 16.9 Å². The summed E-state index contributed by atoms with van der Waals surface area (Å²) in [5, 5.41) is 3.22. The second-order valence-electron chi connectivity index (χ2n) is 4.12. The Labute approximate surface area is 107 Å². The number of nitrogens with two attached hydrogens (primary N) is 1. The molecule has 0 unspecified atom stereocenters. The largest absolute Gasteiger partial charge is 0.496 e. The summed E-state index contributed by atoms with van der Waals surface area (Å²) in [6.45, 7) is 2.59. The lowest BCUT2D eigenvalue weighted by Crippen LogP contribution is -2.05. The van der Waals surface area contributed by atoms with Gasteiger partial charge in [0.2, 0.25) is 0 Å². The molecule has 4 heteroatoms. The van der Waals surface area contributed by atoms with Gasteiger partial charge < -0.3 is 15.8 Å². The van der Waals surface area contributed by atoms with E-state index in [1.807, 2.05) is 37.3 Å². The van der Waals surface area contributed by atoms with Crippen molar-refractivity contribution in [2.45, 2.75) is 13.5 Å². The number of aromatic nitrogens is 1. The van der Waals surface area contributed by atoms with Crippen molar-refractivity contribution >= 4 is 11.5 Å². The van der Waals surface area contributed by atoms with Crippen LogP contribution in [0.3, 0.4) is 0 Å². The second-order valence-corrected chi connectivity index (χ2v) is 4.12. The van der Waals surface area contributed by atoms with Crippen LogP contribution in [0.2, 0.25) is 0 Å². The Morgan fingerprint density at radius 2 is 2.11 bits per heavy atom. The molecule has 1 aromatic heterocycles. The molecule has 0 radical (unpaired) electrons. The van der Waals surface area contributed by atoms with Crippen molar-refractivity contribution in [2.24, 2.45) is 0 Å². The van der Waals surface area contributed by atoms with Gasteiger partial charge in [-0.2, -0.15) is 0 Å². The molecule has 2 rings (SSSR count). The first-order chi connectivity index (χ1) is 8.70. The van der Waals surface area contributed by atoms with E-state index in [-0.39, 0.29) is 0 Å². The van der Waals surface area contributed by atoms with Crippen LogP contribution in [0.5, 0.6) is 5.75 Å². The first-order valence-electron chi connectivity index (χ1n) is 5.78. The summed E-state index contributed by atoms with van der Waals surface area (Å²) in [5.74, 6) is 1.56. The lowest BCUT2D eigenvalue weighted by atomic mass is 10.2. The van der Waals surface area contributed by atoms with Crippen molar-refractivity contribution in [2.75, 3.05) is 18.2 Å². The molecule has 1 aromatic carbocycles. The molecule has 1 heterocycles. The Kier molecular flexibility index (Phi) is 3.67. The number of nitrogens with zero attached hydrogens (tertiary/aromatic N) is 1. The van der Waals surface area contributed by atoms with E-state index in [0.29, 0.717) is 18.1 Å². The minimum atomic E-state index is 0.629. The highest BCUT2D eigenvalue weighted by Gasteiger charge is 2.04. The van der Waals surface area contributed by atoms with Gasteiger partial charge in [-0.05, 0) is 24.6 Å². The van der Waals surface area contributed by atoms with E-state index in [4.69, 9.17) is 10.5 Å². The maximum atomic E-state index is 5.90.